The van der Waals surface area contributed by atoms with E-state index in [0.29, 0.717) is 21.3 Å². The summed E-state index contributed by atoms with van der Waals surface area (Å²) < 4.78 is 27.1. The van der Waals surface area contributed by atoms with Crippen LogP contribution < -0.4 is 10.5 Å². The van der Waals surface area contributed by atoms with Crippen LogP contribution >= 0.6 is 34.5 Å². The van der Waals surface area contributed by atoms with Crippen molar-refractivity contribution in [3.63, 3.8) is 0 Å². The Bertz CT molecular complexity index is 729. The molecule has 0 saturated heterocycles. The highest BCUT2D eigenvalue weighted by molar-refractivity contribution is 7.91. The number of hydrogen-bond acceptors (Lipinski definition) is 4. The topological polar surface area (TPSA) is 72.2 Å². The molecule has 108 valence electrons. The number of halogens is 2. The number of rotatable bonds is 4. The highest BCUT2D eigenvalue weighted by Gasteiger charge is 2.21. The van der Waals surface area contributed by atoms with Gasteiger partial charge in [-0.3, -0.25) is 0 Å². The van der Waals surface area contributed by atoms with Gasteiger partial charge in [-0.25, -0.2) is 13.1 Å². The summed E-state index contributed by atoms with van der Waals surface area (Å²) in [5.74, 6) is 0. The first-order chi connectivity index (χ1) is 9.29. The predicted octanol–water partition coefficient (Wildman–Crippen LogP) is 3.68. The van der Waals surface area contributed by atoms with Gasteiger partial charge in [-0.2, -0.15) is 0 Å². The molecule has 2 rings (SSSR count). The van der Waals surface area contributed by atoms with E-state index in [1.165, 1.54) is 6.07 Å². The van der Waals surface area contributed by atoms with Crippen LogP contribution in [-0.2, 0) is 10.0 Å². The number of anilines is 1. The third kappa shape index (κ3) is 3.45. The van der Waals surface area contributed by atoms with Crippen LogP contribution in [0.3, 0.4) is 0 Å². The van der Waals surface area contributed by atoms with Crippen molar-refractivity contribution in [1.29, 1.82) is 0 Å². The molecule has 0 aliphatic rings. The van der Waals surface area contributed by atoms with Crippen LogP contribution in [-0.4, -0.2) is 8.42 Å². The summed E-state index contributed by atoms with van der Waals surface area (Å²) in [5, 5.41) is 2.49. The molecule has 0 amide bonds. The molecule has 0 bridgehead atoms. The minimum absolute atomic E-state index is 0.173. The molecule has 1 heterocycles. The van der Waals surface area contributed by atoms with Crippen molar-refractivity contribution < 1.29 is 8.42 Å². The van der Waals surface area contributed by atoms with E-state index in [1.54, 1.807) is 30.5 Å². The summed E-state index contributed by atoms with van der Waals surface area (Å²) in [4.78, 5) is 0. The zero-order valence-corrected chi connectivity index (χ0v) is 13.6. The number of hydrogen-bond donors (Lipinski definition) is 2. The maximum atomic E-state index is 12.2. The maximum Gasteiger partial charge on any atom is 0.250 e. The SMILES string of the molecule is CC(NS(=O)(=O)c1cc(N)cs1)c1ccc(Cl)cc1Cl. The van der Waals surface area contributed by atoms with Gasteiger partial charge in [0.2, 0.25) is 0 Å². The molecule has 1 aromatic carbocycles. The van der Waals surface area contributed by atoms with Gasteiger partial charge in [0.1, 0.15) is 4.21 Å². The quantitative estimate of drug-likeness (QED) is 0.883. The number of benzene rings is 1. The van der Waals surface area contributed by atoms with Crippen LogP contribution in [0.4, 0.5) is 5.69 Å². The summed E-state index contributed by atoms with van der Waals surface area (Å²) in [5.41, 5.74) is 6.62. The number of sulfonamides is 1. The first kappa shape index (κ1) is 15.6. The minimum atomic E-state index is -3.62. The molecule has 0 radical (unpaired) electrons. The fourth-order valence-corrected chi connectivity index (χ4v) is 4.57. The zero-order valence-electron chi connectivity index (χ0n) is 10.4. The normalized spacial score (nSPS) is 13.3. The summed E-state index contributed by atoms with van der Waals surface area (Å²) in [6.45, 7) is 1.71. The van der Waals surface area contributed by atoms with Crippen LogP contribution in [0.2, 0.25) is 10.0 Å². The van der Waals surface area contributed by atoms with E-state index in [0.717, 1.165) is 11.3 Å². The lowest BCUT2D eigenvalue weighted by molar-refractivity contribution is 0.569. The second-order valence-electron chi connectivity index (χ2n) is 4.21. The molecule has 0 fully saturated rings. The third-order valence-corrected chi connectivity index (χ3v) is 6.18. The summed E-state index contributed by atoms with van der Waals surface area (Å²) in [7, 11) is -3.62. The molecule has 4 nitrogen and oxygen atoms in total. The van der Waals surface area contributed by atoms with Crippen molar-refractivity contribution in [3.8, 4) is 0 Å². The molecule has 20 heavy (non-hydrogen) atoms. The monoisotopic (exact) mass is 350 g/mol. The first-order valence-electron chi connectivity index (χ1n) is 5.61. The van der Waals surface area contributed by atoms with Gasteiger partial charge in [-0.1, -0.05) is 29.3 Å². The van der Waals surface area contributed by atoms with Gasteiger partial charge in [-0.15, -0.1) is 11.3 Å². The predicted molar refractivity (Wildman–Crippen MR) is 83.9 cm³/mol. The van der Waals surface area contributed by atoms with Crippen LogP contribution in [0.1, 0.15) is 18.5 Å². The highest BCUT2D eigenvalue weighted by Crippen LogP contribution is 2.28. The molecule has 2 aromatic rings. The molecule has 1 atom stereocenters. The fraction of sp³-hybridized carbons (Fsp3) is 0.167. The molecular formula is C12H12Cl2N2O2S2. The van der Waals surface area contributed by atoms with E-state index < -0.39 is 16.1 Å². The maximum absolute atomic E-state index is 12.2. The van der Waals surface area contributed by atoms with Gasteiger partial charge in [0.05, 0.1) is 0 Å². The molecule has 3 N–H and O–H groups in total. The fourth-order valence-electron chi connectivity index (χ4n) is 1.68. The lowest BCUT2D eigenvalue weighted by atomic mass is 10.1. The largest absolute Gasteiger partial charge is 0.398 e. The Labute approximate surface area is 131 Å². The molecule has 0 spiro atoms. The van der Waals surface area contributed by atoms with Gasteiger partial charge in [-0.05, 0) is 30.7 Å². The summed E-state index contributed by atoms with van der Waals surface area (Å²) >= 11 is 13.0. The zero-order chi connectivity index (χ0) is 14.9. The van der Waals surface area contributed by atoms with Gasteiger partial charge < -0.3 is 5.73 Å². The number of nitrogen functional groups attached to an aromatic ring is 1. The lowest BCUT2D eigenvalue weighted by Crippen LogP contribution is -2.26. The minimum Gasteiger partial charge on any atom is -0.398 e. The Balaban J connectivity index is 2.25. The van der Waals surface area contributed by atoms with E-state index in [9.17, 15) is 8.42 Å². The van der Waals surface area contributed by atoms with Crippen molar-refractivity contribution in [1.82, 2.24) is 4.72 Å². The Morgan fingerprint density at radius 3 is 2.55 bits per heavy atom. The van der Waals surface area contributed by atoms with E-state index >= 15 is 0 Å². The van der Waals surface area contributed by atoms with E-state index in [1.807, 2.05) is 0 Å². The Hall–Kier alpha value is -0.790. The Kier molecular flexibility index (Phi) is 4.61. The molecule has 1 aromatic heterocycles. The number of nitrogens with one attached hydrogen (secondary N) is 1. The summed E-state index contributed by atoms with van der Waals surface area (Å²) in [6.07, 6.45) is 0. The standard InChI is InChI=1S/C12H12Cl2N2O2S2/c1-7(10-3-2-8(13)4-11(10)14)16-20(17,18)12-5-9(15)6-19-12/h2-7,16H,15H2,1H3. The van der Waals surface area contributed by atoms with Gasteiger partial charge in [0.25, 0.3) is 10.0 Å². The second kappa shape index (κ2) is 5.91. The van der Waals surface area contributed by atoms with Crippen molar-refractivity contribution in [2.24, 2.45) is 0 Å². The number of thiophene rings is 1. The lowest BCUT2D eigenvalue weighted by Gasteiger charge is -2.15. The van der Waals surface area contributed by atoms with Gasteiger partial charge in [0.15, 0.2) is 0 Å². The van der Waals surface area contributed by atoms with Gasteiger partial charge >= 0.3 is 0 Å². The average molecular weight is 351 g/mol. The Morgan fingerprint density at radius 1 is 1.30 bits per heavy atom. The molecular weight excluding hydrogens is 339 g/mol. The Morgan fingerprint density at radius 2 is 2.00 bits per heavy atom. The third-order valence-electron chi connectivity index (χ3n) is 2.62. The molecule has 1 unspecified atom stereocenters. The van der Waals surface area contributed by atoms with Crippen LogP contribution in [0.25, 0.3) is 0 Å². The van der Waals surface area contributed by atoms with Crippen molar-refractivity contribution >= 4 is 50.2 Å². The highest BCUT2D eigenvalue weighted by atomic mass is 35.5. The molecule has 0 aliphatic carbocycles. The van der Waals surface area contributed by atoms with Crippen molar-refractivity contribution in [2.75, 3.05) is 5.73 Å². The van der Waals surface area contributed by atoms with E-state index in [-0.39, 0.29) is 4.21 Å². The molecule has 0 saturated carbocycles. The smallest absolute Gasteiger partial charge is 0.250 e. The molecule has 0 aliphatic heterocycles. The van der Waals surface area contributed by atoms with Gasteiger partial charge in [0, 0.05) is 27.2 Å². The molecule has 8 heteroatoms. The van der Waals surface area contributed by atoms with E-state index in [2.05, 4.69) is 4.72 Å². The average Bonchev–Trinajstić information content (AvgIpc) is 2.75. The first-order valence-corrected chi connectivity index (χ1v) is 8.73. The van der Waals surface area contributed by atoms with Crippen molar-refractivity contribution in [3.05, 3.63) is 45.3 Å². The van der Waals surface area contributed by atoms with Crippen molar-refractivity contribution in [2.45, 2.75) is 17.2 Å². The number of nitrogens with two attached hydrogens (primary N) is 1. The van der Waals surface area contributed by atoms with Crippen LogP contribution in [0, 0.1) is 0 Å². The van der Waals surface area contributed by atoms with E-state index in [4.69, 9.17) is 28.9 Å². The van der Waals surface area contributed by atoms with Crippen LogP contribution in [0.15, 0.2) is 33.9 Å². The van der Waals surface area contributed by atoms with Crippen LogP contribution in [0.5, 0.6) is 0 Å². The second-order valence-corrected chi connectivity index (χ2v) is 7.90. The summed E-state index contributed by atoms with van der Waals surface area (Å²) in [6, 6.07) is 5.88.